The summed E-state index contributed by atoms with van der Waals surface area (Å²) >= 11 is 0. The van der Waals surface area contributed by atoms with Gasteiger partial charge in [-0.05, 0) is 113 Å². The summed E-state index contributed by atoms with van der Waals surface area (Å²) in [5.74, 6) is -0.852. The largest absolute Gasteiger partial charge is 0.478 e. The molecule has 5 aromatic rings. The van der Waals surface area contributed by atoms with Gasteiger partial charge in [0.1, 0.15) is 17.3 Å². The van der Waals surface area contributed by atoms with Crippen molar-refractivity contribution in [3.05, 3.63) is 154 Å². The fourth-order valence-electron chi connectivity index (χ4n) is 5.40. The summed E-state index contributed by atoms with van der Waals surface area (Å²) in [5.41, 5.74) is 4.11. The molecule has 0 radical (unpaired) electrons. The number of ketones is 1. The Morgan fingerprint density at radius 2 is 1.38 bits per heavy atom. The van der Waals surface area contributed by atoms with Crippen molar-refractivity contribution < 1.29 is 37.0 Å². The Hall–Kier alpha value is -5.24. The van der Waals surface area contributed by atoms with Crippen LogP contribution in [0.4, 0.5) is 17.6 Å². The van der Waals surface area contributed by atoms with Gasteiger partial charge in [-0.3, -0.25) is 4.79 Å². The van der Waals surface area contributed by atoms with Crippen molar-refractivity contribution in [2.24, 2.45) is 0 Å². The lowest BCUT2D eigenvalue weighted by molar-refractivity contribution is -0.137. The minimum Gasteiger partial charge on any atom is -0.478 e. The second-order valence-electron chi connectivity index (χ2n) is 11.6. The van der Waals surface area contributed by atoms with E-state index in [2.05, 4.69) is 0 Å². The first-order valence-electron chi connectivity index (χ1n) is 15.1. The molecule has 4 nitrogen and oxygen atoms in total. The number of halogens is 4. The third kappa shape index (κ3) is 8.33. The van der Waals surface area contributed by atoms with Crippen LogP contribution in [0.1, 0.15) is 68.3 Å². The molecule has 47 heavy (non-hydrogen) atoms. The number of ether oxygens (including phenoxy) is 1. The van der Waals surface area contributed by atoms with Gasteiger partial charge < -0.3 is 9.84 Å². The highest BCUT2D eigenvalue weighted by Crippen LogP contribution is 2.34. The fraction of sp³-hybridized carbons (Fsp3) is 0.179. The van der Waals surface area contributed by atoms with Gasteiger partial charge in [-0.15, -0.1) is 0 Å². The van der Waals surface area contributed by atoms with E-state index in [0.717, 1.165) is 28.3 Å². The molecule has 0 atom stereocenters. The number of carbonyl (C=O) groups excluding carboxylic acids is 1. The smallest absolute Gasteiger partial charge is 0.416 e. The number of Topliss-reactive ketones (excluding diaryl/α,β-unsaturated/α-hetero) is 1. The third-order valence-corrected chi connectivity index (χ3v) is 7.93. The number of carboxylic acids is 1. The molecule has 0 heterocycles. The van der Waals surface area contributed by atoms with Crippen LogP contribution in [0.3, 0.4) is 0 Å². The van der Waals surface area contributed by atoms with E-state index < -0.39 is 17.7 Å². The average Bonchev–Trinajstić information content (AvgIpc) is 3.05. The topological polar surface area (TPSA) is 63.6 Å². The van der Waals surface area contributed by atoms with Gasteiger partial charge >= 0.3 is 12.1 Å². The van der Waals surface area contributed by atoms with Crippen molar-refractivity contribution in [2.75, 3.05) is 0 Å². The summed E-state index contributed by atoms with van der Waals surface area (Å²) < 4.78 is 58.1. The van der Waals surface area contributed by atoms with Gasteiger partial charge in [-0.25, -0.2) is 9.18 Å². The summed E-state index contributed by atoms with van der Waals surface area (Å²) in [7, 11) is 0. The van der Waals surface area contributed by atoms with Gasteiger partial charge in [0.2, 0.25) is 0 Å². The maximum Gasteiger partial charge on any atom is 0.416 e. The van der Waals surface area contributed by atoms with E-state index in [-0.39, 0.29) is 29.5 Å². The molecule has 0 aromatic heterocycles. The lowest BCUT2D eigenvalue weighted by Gasteiger charge is -2.18. The first-order valence-corrected chi connectivity index (χ1v) is 15.1. The SMILES string of the molecule is CC(C)c1cc(CC(=O)c2ccc(Oc3ccc(F)cc3)cc2)c(C(=O)O)cc1-c1ccc(CCc2cccc(C(F)(F)F)c2)cc1. The van der Waals surface area contributed by atoms with Crippen LogP contribution >= 0.6 is 0 Å². The van der Waals surface area contributed by atoms with Crippen molar-refractivity contribution in [1.29, 1.82) is 0 Å². The molecule has 5 rings (SSSR count). The highest BCUT2D eigenvalue weighted by molar-refractivity contribution is 6.00. The van der Waals surface area contributed by atoms with Crippen molar-refractivity contribution in [2.45, 2.75) is 45.2 Å². The van der Waals surface area contributed by atoms with Crippen molar-refractivity contribution >= 4 is 11.8 Å². The van der Waals surface area contributed by atoms with Crippen LogP contribution in [0.25, 0.3) is 11.1 Å². The Labute approximate surface area is 270 Å². The number of carbonyl (C=O) groups is 2. The maximum absolute atomic E-state index is 13.3. The lowest BCUT2D eigenvalue weighted by atomic mass is 9.86. The summed E-state index contributed by atoms with van der Waals surface area (Å²) in [5, 5.41) is 10.1. The molecular formula is C39H32F4O4. The third-order valence-electron chi connectivity index (χ3n) is 7.93. The Balaban J connectivity index is 1.33. The number of benzene rings is 5. The summed E-state index contributed by atoms with van der Waals surface area (Å²) in [6, 6.07) is 28.3. The van der Waals surface area contributed by atoms with Crippen LogP contribution in [-0.2, 0) is 25.4 Å². The number of alkyl halides is 3. The van der Waals surface area contributed by atoms with Gasteiger partial charge in [0.05, 0.1) is 11.1 Å². The normalized spacial score (nSPS) is 11.5. The first-order chi connectivity index (χ1) is 22.4. The maximum atomic E-state index is 13.3. The Morgan fingerprint density at radius 3 is 1.98 bits per heavy atom. The zero-order valence-electron chi connectivity index (χ0n) is 25.8. The summed E-state index contributed by atoms with van der Waals surface area (Å²) in [4.78, 5) is 25.7. The van der Waals surface area contributed by atoms with Crippen molar-refractivity contribution in [3.8, 4) is 22.6 Å². The molecule has 0 amide bonds. The molecule has 8 heteroatoms. The van der Waals surface area contributed by atoms with E-state index in [1.54, 1.807) is 42.5 Å². The van der Waals surface area contributed by atoms with Crippen LogP contribution in [0.2, 0.25) is 0 Å². The van der Waals surface area contributed by atoms with Gasteiger partial charge in [0, 0.05) is 12.0 Å². The molecule has 0 saturated carbocycles. The van der Waals surface area contributed by atoms with Gasteiger partial charge in [0.15, 0.2) is 5.78 Å². The Kier molecular flexibility index (Phi) is 9.89. The van der Waals surface area contributed by atoms with Crippen LogP contribution in [0, 0.1) is 5.82 Å². The van der Waals surface area contributed by atoms with E-state index in [1.165, 1.54) is 36.4 Å². The van der Waals surface area contributed by atoms with Crippen LogP contribution < -0.4 is 4.74 Å². The number of carboxylic acid groups (broad SMARTS) is 1. The minimum absolute atomic E-state index is 0.0187. The highest BCUT2D eigenvalue weighted by atomic mass is 19.4. The van der Waals surface area contributed by atoms with Crippen molar-refractivity contribution in [1.82, 2.24) is 0 Å². The Bertz CT molecular complexity index is 1880. The summed E-state index contributed by atoms with van der Waals surface area (Å²) in [6.45, 7) is 3.99. The molecule has 0 aliphatic heterocycles. The predicted molar refractivity (Wildman–Crippen MR) is 173 cm³/mol. The van der Waals surface area contributed by atoms with E-state index in [4.69, 9.17) is 4.74 Å². The predicted octanol–water partition coefficient (Wildman–Crippen LogP) is 10.3. The second-order valence-corrected chi connectivity index (χ2v) is 11.6. The van der Waals surface area contributed by atoms with Crippen molar-refractivity contribution in [3.63, 3.8) is 0 Å². The fourth-order valence-corrected chi connectivity index (χ4v) is 5.40. The van der Waals surface area contributed by atoms with Gasteiger partial charge in [0.25, 0.3) is 0 Å². The van der Waals surface area contributed by atoms with E-state index >= 15 is 0 Å². The molecule has 1 N–H and O–H groups in total. The van der Waals surface area contributed by atoms with E-state index in [0.29, 0.717) is 41.0 Å². The molecule has 0 aliphatic carbocycles. The van der Waals surface area contributed by atoms with Crippen LogP contribution in [-0.4, -0.2) is 16.9 Å². The minimum atomic E-state index is -4.39. The van der Waals surface area contributed by atoms with Gasteiger partial charge in [-0.2, -0.15) is 13.2 Å². The number of rotatable bonds is 11. The van der Waals surface area contributed by atoms with Gasteiger partial charge in [-0.1, -0.05) is 62.4 Å². The van der Waals surface area contributed by atoms with Crippen LogP contribution in [0.5, 0.6) is 11.5 Å². The highest BCUT2D eigenvalue weighted by Gasteiger charge is 2.30. The summed E-state index contributed by atoms with van der Waals surface area (Å²) in [6.07, 6.45) is -3.53. The zero-order chi connectivity index (χ0) is 33.7. The molecule has 0 aliphatic rings. The monoisotopic (exact) mass is 640 g/mol. The quantitative estimate of drug-likeness (QED) is 0.115. The lowest BCUT2D eigenvalue weighted by Crippen LogP contribution is -2.11. The Morgan fingerprint density at radius 1 is 0.766 bits per heavy atom. The molecule has 0 bridgehead atoms. The average molecular weight is 641 g/mol. The molecule has 0 fully saturated rings. The number of aromatic carboxylic acids is 1. The molecule has 5 aromatic carbocycles. The van der Waals surface area contributed by atoms with E-state index in [1.807, 2.05) is 38.1 Å². The number of hydrogen-bond donors (Lipinski definition) is 1. The molecule has 0 unspecified atom stereocenters. The number of aryl methyl sites for hydroxylation is 2. The molecular weight excluding hydrogens is 608 g/mol. The van der Waals surface area contributed by atoms with E-state index in [9.17, 15) is 32.3 Å². The first kappa shape index (κ1) is 33.1. The molecule has 0 spiro atoms. The number of hydrogen-bond acceptors (Lipinski definition) is 3. The molecule has 240 valence electrons. The van der Waals surface area contributed by atoms with Crippen LogP contribution in [0.15, 0.2) is 109 Å². The zero-order valence-corrected chi connectivity index (χ0v) is 25.8. The standard InChI is InChI=1S/C39H32F4O4/c1-24(2)34-21-29(22-37(44)28-12-16-32(17-13-28)47-33-18-14-31(40)15-19-33)36(38(45)46)23-35(34)27-10-8-25(9-11-27)6-7-26-4-3-5-30(20-26)39(41,42)43/h3-5,8-21,23-24H,6-7,22H2,1-2H3,(H,45,46). The molecule has 0 saturated heterocycles. The second kappa shape index (κ2) is 14.0.